The fourth-order valence-electron chi connectivity index (χ4n) is 6.40. The van der Waals surface area contributed by atoms with Crippen LogP contribution >= 0.6 is 23.5 Å². The summed E-state index contributed by atoms with van der Waals surface area (Å²) in [6.07, 6.45) is 6.68. The minimum atomic E-state index is -0.539. The molecule has 0 saturated carbocycles. The molecule has 0 spiro atoms. The van der Waals surface area contributed by atoms with Crippen molar-refractivity contribution in [3.63, 3.8) is 0 Å². The minimum absolute atomic E-state index is 0.120. The number of nitrogens with zero attached hydrogens (tertiary/aromatic N) is 4. The standard InChI is InChI=1S/C36H42N6O4S2/c1-35(2,3)45-33(43)41-15-7-9-25(41)31-37-19-23(39-31)21-11-13-27-29(17-21)47-28-14-12-22(18-30(28)48-27)24-20-38-32(40-24)26-10-8-16-42(26)34(44)46-36(4,5)6/h11-14,17-20,25-26H,7-10,15-16H2,1-6H3,(H,37,39)(H,38,40)/t25-,26+. The average Bonchev–Trinajstić information content (AvgIpc) is 3.83. The number of H-pyrrole nitrogens is 2. The van der Waals surface area contributed by atoms with Crippen LogP contribution in [0.1, 0.15) is 91.0 Å². The summed E-state index contributed by atoms with van der Waals surface area (Å²) in [5.74, 6) is 1.58. The van der Waals surface area contributed by atoms with Gasteiger partial charge in [-0.05, 0) is 91.5 Å². The second-order valence-corrected chi connectivity index (χ2v) is 16.7. The summed E-state index contributed by atoms with van der Waals surface area (Å²) in [4.78, 5) is 50.4. The van der Waals surface area contributed by atoms with Crippen LogP contribution in [0.2, 0.25) is 0 Å². The van der Waals surface area contributed by atoms with Crippen molar-refractivity contribution in [3.05, 3.63) is 60.4 Å². The largest absolute Gasteiger partial charge is 0.444 e. The molecular formula is C36H42N6O4S2. The van der Waals surface area contributed by atoms with Crippen LogP contribution in [0.15, 0.2) is 68.4 Å². The third-order valence-corrected chi connectivity index (χ3v) is 11.1. The lowest BCUT2D eigenvalue weighted by molar-refractivity contribution is 0.0208. The van der Waals surface area contributed by atoms with Gasteiger partial charge in [0.2, 0.25) is 0 Å². The first-order valence-corrected chi connectivity index (χ1v) is 18.2. The number of amides is 2. The fraction of sp³-hybridized carbons (Fsp3) is 0.444. The summed E-state index contributed by atoms with van der Waals surface area (Å²) in [6.45, 7) is 12.7. The Morgan fingerprint density at radius 1 is 0.688 bits per heavy atom. The molecule has 0 aliphatic carbocycles. The first-order valence-electron chi connectivity index (χ1n) is 16.5. The number of carbonyl (C=O) groups excluding carboxylic acids is 2. The normalized spacial score (nSPS) is 19.3. The van der Waals surface area contributed by atoms with E-state index in [-0.39, 0.29) is 24.3 Å². The average molecular weight is 687 g/mol. The minimum Gasteiger partial charge on any atom is -0.444 e. The van der Waals surface area contributed by atoms with Gasteiger partial charge in [0.15, 0.2) is 0 Å². The van der Waals surface area contributed by atoms with E-state index in [0.717, 1.165) is 59.8 Å². The molecule has 2 amide bonds. The molecule has 0 unspecified atom stereocenters. The van der Waals surface area contributed by atoms with E-state index < -0.39 is 11.2 Å². The first-order chi connectivity index (χ1) is 22.8. The molecule has 2 aromatic carbocycles. The lowest BCUT2D eigenvalue weighted by Gasteiger charge is -2.27. The molecule has 252 valence electrons. The monoisotopic (exact) mass is 686 g/mol. The Balaban J connectivity index is 1.05. The zero-order valence-electron chi connectivity index (χ0n) is 28.3. The van der Waals surface area contributed by atoms with Gasteiger partial charge in [-0.25, -0.2) is 19.6 Å². The number of aromatic amines is 2. The lowest BCUT2D eigenvalue weighted by atomic mass is 10.1. The molecule has 0 bridgehead atoms. The highest BCUT2D eigenvalue weighted by molar-refractivity contribution is 8.05. The van der Waals surface area contributed by atoms with Crippen LogP contribution in [0.4, 0.5) is 9.59 Å². The van der Waals surface area contributed by atoms with Gasteiger partial charge in [-0.2, -0.15) is 0 Å². The Bertz CT molecular complexity index is 1720. The molecule has 0 radical (unpaired) electrons. The number of imidazole rings is 2. The van der Waals surface area contributed by atoms with Gasteiger partial charge in [0, 0.05) is 43.8 Å². The molecule has 2 fully saturated rings. The van der Waals surface area contributed by atoms with Crippen LogP contribution in [0.25, 0.3) is 22.5 Å². The summed E-state index contributed by atoms with van der Waals surface area (Å²) in [7, 11) is 0. The highest BCUT2D eigenvalue weighted by atomic mass is 32.2. The van der Waals surface area contributed by atoms with Crippen LogP contribution in [0.3, 0.4) is 0 Å². The maximum atomic E-state index is 12.8. The Kier molecular flexibility index (Phi) is 8.52. The highest BCUT2D eigenvalue weighted by Crippen LogP contribution is 2.50. The second-order valence-electron chi connectivity index (χ2n) is 14.6. The predicted octanol–water partition coefficient (Wildman–Crippen LogP) is 9.23. The second kappa shape index (κ2) is 12.5. The quantitative estimate of drug-likeness (QED) is 0.192. The Morgan fingerprint density at radius 2 is 1.10 bits per heavy atom. The molecule has 12 heteroatoms. The molecule has 10 nitrogen and oxygen atoms in total. The molecule has 48 heavy (non-hydrogen) atoms. The third-order valence-electron chi connectivity index (χ3n) is 8.53. The van der Waals surface area contributed by atoms with Crippen molar-refractivity contribution in [1.82, 2.24) is 29.7 Å². The summed E-state index contributed by atoms with van der Waals surface area (Å²) in [5.41, 5.74) is 2.89. The number of aromatic nitrogens is 4. The van der Waals surface area contributed by atoms with E-state index in [0.29, 0.717) is 13.1 Å². The lowest BCUT2D eigenvalue weighted by Crippen LogP contribution is -2.36. The van der Waals surface area contributed by atoms with Crippen LogP contribution in [0, 0.1) is 0 Å². The van der Waals surface area contributed by atoms with Gasteiger partial charge in [-0.3, -0.25) is 9.80 Å². The van der Waals surface area contributed by atoms with E-state index in [1.165, 1.54) is 19.6 Å². The molecule has 3 aliphatic heterocycles. The molecule has 7 rings (SSSR count). The zero-order chi connectivity index (χ0) is 33.8. The summed E-state index contributed by atoms with van der Waals surface area (Å²) >= 11 is 3.52. The van der Waals surface area contributed by atoms with Crippen LogP contribution in [-0.2, 0) is 9.47 Å². The highest BCUT2D eigenvalue weighted by Gasteiger charge is 2.36. The number of fused-ring (bicyclic) bond motifs is 2. The fourth-order valence-corrected chi connectivity index (χ4v) is 8.68. The number of ether oxygens (including phenoxy) is 2. The molecule has 4 aromatic rings. The van der Waals surface area contributed by atoms with Gasteiger partial charge in [-0.15, -0.1) is 0 Å². The topological polar surface area (TPSA) is 116 Å². The molecule has 2 aromatic heterocycles. The van der Waals surface area contributed by atoms with Crippen molar-refractivity contribution in [2.24, 2.45) is 0 Å². The number of nitrogens with one attached hydrogen (secondary N) is 2. The zero-order valence-corrected chi connectivity index (χ0v) is 29.9. The molecule has 3 aliphatic rings. The maximum absolute atomic E-state index is 12.8. The molecule has 2 N–H and O–H groups in total. The van der Waals surface area contributed by atoms with Crippen LogP contribution in [0.5, 0.6) is 0 Å². The van der Waals surface area contributed by atoms with Gasteiger partial charge in [-0.1, -0.05) is 35.7 Å². The van der Waals surface area contributed by atoms with E-state index in [1.807, 2.05) is 53.9 Å². The summed E-state index contributed by atoms with van der Waals surface area (Å²) in [5, 5.41) is 0. The van der Waals surface area contributed by atoms with Crippen molar-refractivity contribution >= 4 is 35.7 Å². The number of rotatable bonds is 4. The third kappa shape index (κ3) is 6.82. The van der Waals surface area contributed by atoms with Gasteiger partial charge >= 0.3 is 12.2 Å². The molecule has 2 saturated heterocycles. The number of benzene rings is 2. The van der Waals surface area contributed by atoms with E-state index in [2.05, 4.69) is 46.4 Å². The van der Waals surface area contributed by atoms with E-state index in [1.54, 1.807) is 33.3 Å². The van der Waals surface area contributed by atoms with Crippen molar-refractivity contribution in [1.29, 1.82) is 0 Å². The Hall–Kier alpha value is -3.90. The molecular weight excluding hydrogens is 645 g/mol. The van der Waals surface area contributed by atoms with Gasteiger partial charge in [0.05, 0.1) is 35.9 Å². The van der Waals surface area contributed by atoms with Crippen molar-refractivity contribution < 1.29 is 19.1 Å². The van der Waals surface area contributed by atoms with Crippen molar-refractivity contribution in [3.8, 4) is 22.5 Å². The Labute approximate surface area is 289 Å². The van der Waals surface area contributed by atoms with Crippen molar-refractivity contribution in [2.75, 3.05) is 13.1 Å². The van der Waals surface area contributed by atoms with E-state index >= 15 is 0 Å². The predicted molar refractivity (Wildman–Crippen MR) is 186 cm³/mol. The number of likely N-dealkylation sites (tertiary alicyclic amines) is 2. The smallest absolute Gasteiger partial charge is 0.410 e. The number of hydrogen-bond acceptors (Lipinski definition) is 8. The summed E-state index contributed by atoms with van der Waals surface area (Å²) in [6, 6.07) is 12.8. The van der Waals surface area contributed by atoms with Crippen LogP contribution in [-0.4, -0.2) is 66.2 Å². The van der Waals surface area contributed by atoms with Gasteiger partial charge in [0.1, 0.15) is 22.9 Å². The van der Waals surface area contributed by atoms with Gasteiger partial charge in [0.25, 0.3) is 0 Å². The van der Waals surface area contributed by atoms with E-state index in [9.17, 15) is 9.59 Å². The summed E-state index contributed by atoms with van der Waals surface area (Å²) < 4.78 is 11.3. The Morgan fingerprint density at radius 3 is 1.50 bits per heavy atom. The first kappa shape index (κ1) is 32.6. The molecule has 2 atom stereocenters. The molecule has 5 heterocycles. The maximum Gasteiger partial charge on any atom is 0.410 e. The van der Waals surface area contributed by atoms with E-state index in [4.69, 9.17) is 19.4 Å². The van der Waals surface area contributed by atoms with Gasteiger partial charge < -0.3 is 19.4 Å². The SMILES string of the molecule is CC(C)(C)OC(=O)N1CCC[C@@H]1c1ncc(-c2ccc3c(c2)Sc2ccc(-c4cnc([C@@H]5CCCN5C(=O)OC(C)(C)C)[nH]4)cc2S3)[nH]1. The van der Waals surface area contributed by atoms with Crippen molar-refractivity contribution in [2.45, 2.75) is 110 Å². The number of carbonyl (C=O) groups is 2. The van der Waals surface area contributed by atoms with Crippen LogP contribution < -0.4 is 0 Å². The number of hydrogen-bond donors (Lipinski definition) is 2.